The molecule has 1 atom stereocenters. The molecule has 37 heavy (non-hydrogen) atoms. The van der Waals surface area contributed by atoms with Crippen LogP contribution in [0, 0.1) is 30.0 Å². The maximum atomic E-state index is 13.4. The zero-order valence-corrected chi connectivity index (χ0v) is 22.9. The minimum Gasteiger partial charge on any atom is -0.381 e. The molecule has 2 aromatic carbocycles. The highest BCUT2D eigenvalue weighted by molar-refractivity contribution is 7.89. The molecule has 0 saturated carbocycles. The van der Waals surface area contributed by atoms with E-state index in [1.165, 1.54) is 18.3 Å². The molecule has 0 unspecified atom stereocenters. The van der Waals surface area contributed by atoms with Crippen molar-refractivity contribution in [2.45, 2.75) is 39.7 Å². The first-order valence-corrected chi connectivity index (χ1v) is 14.7. The predicted molar refractivity (Wildman–Crippen MR) is 147 cm³/mol. The highest BCUT2D eigenvalue weighted by Gasteiger charge is 2.36. The van der Waals surface area contributed by atoms with E-state index in [9.17, 15) is 12.8 Å². The van der Waals surface area contributed by atoms with Gasteiger partial charge in [-0.1, -0.05) is 13.8 Å². The summed E-state index contributed by atoms with van der Waals surface area (Å²) in [6, 6.07) is 10.0. The molecule has 2 aliphatic rings. The molecule has 0 amide bonds. The van der Waals surface area contributed by atoms with Crippen LogP contribution in [0.3, 0.4) is 0 Å². The van der Waals surface area contributed by atoms with E-state index in [0.29, 0.717) is 44.3 Å². The number of piperazine rings is 1. The largest absolute Gasteiger partial charge is 0.381 e. The Morgan fingerprint density at radius 1 is 1.16 bits per heavy atom. The van der Waals surface area contributed by atoms with Crippen molar-refractivity contribution in [2.75, 3.05) is 50.5 Å². The SMILES string of the molecule is Cc1cc(Nc2ccc(F)cc2)c(C=N)cc1[C@H]1CN(S(=O)(=O)CC2CCOCC2)CCN1CC(C)C. The minimum absolute atomic E-state index is 0.0980. The van der Waals surface area contributed by atoms with E-state index in [2.05, 4.69) is 24.1 Å². The Kier molecular flexibility index (Phi) is 9.00. The van der Waals surface area contributed by atoms with Crippen LogP contribution in [0.4, 0.5) is 15.8 Å². The Morgan fingerprint density at radius 2 is 1.86 bits per heavy atom. The number of hydrogen-bond donors (Lipinski definition) is 2. The average Bonchev–Trinajstić information content (AvgIpc) is 2.86. The van der Waals surface area contributed by atoms with Crippen LogP contribution in [0.25, 0.3) is 0 Å². The van der Waals surface area contributed by atoms with Gasteiger partial charge in [0.05, 0.1) is 5.75 Å². The molecule has 0 aliphatic carbocycles. The number of nitrogens with zero attached hydrogens (tertiary/aromatic N) is 2. The van der Waals surface area contributed by atoms with E-state index in [1.54, 1.807) is 16.4 Å². The standard InChI is InChI=1S/C28H39FN4O3S/c1-20(2)17-32-10-11-33(37(34,35)19-22-8-12-36-13-9-22)18-28(32)26-15-23(16-30)27(14-21(26)3)31-25-6-4-24(29)5-7-25/h4-7,14-16,20,22,28,30-31H,8-13,17-19H2,1-3H3/t28-/m1/s1. The lowest BCUT2D eigenvalue weighted by Gasteiger charge is -2.43. The molecule has 4 rings (SSSR count). The second kappa shape index (κ2) is 12.0. The molecule has 202 valence electrons. The number of anilines is 2. The predicted octanol–water partition coefficient (Wildman–Crippen LogP) is 4.95. The van der Waals surface area contributed by atoms with Crippen LogP contribution < -0.4 is 5.32 Å². The lowest BCUT2D eigenvalue weighted by molar-refractivity contribution is 0.0712. The van der Waals surface area contributed by atoms with Gasteiger partial charge in [0, 0.05) is 68.6 Å². The lowest BCUT2D eigenvalue weighted by atomic mass is 9.94. The maximum Gasteiger partial charge on any atom is 0.214 e. The average molecular weight is 531 g/mol. The van der Waals surface area contributed by atoms with Crippen LogP contribution in [-0.2, 0) is 14.8 Å². The molecule has 2 fully saturated rings. The van der Waals surface area contributed by atoms with Crippen molar-refractivity contribution in [2.24, 2.45) is 11.8 Å². The molecule has 0 spiro atoms. The molecular formula is C28H39FN4O3S. The fourth-order valence-corrected chi connectivity index (χ4v) is 7.23. The van der Waals surface area contributed by atoms with Gasteiger partial charge in [-0.25, -0.2) is 12.8 Å². The third-order valence-electron chi connectivity index (χ3n) is 7.31. The maximum absolute atomic E-state index is 13.4. The third-order valence-corrected chi connectivity index (χ3v) is 9.32. The molecule has 7 nitrogen and oxygen atoms in total. The summed E-state index contributed by atoms with van der Waals surface area (Å²) in [7, 11) is -3.39. The number of aryl methyl sites for hydroxylation is 1. The number of ether oxygens (including phenoxy) is 1. The van der Waals surface area contributed by atoms with Gasteiger partial charge in [-0.05, 0) is 79.1 Å². The highest BCUT2D eigenvalue weighted by Crippen LogP contribution is 2.34. The summed E-state index contributed by atoms with van der Waals surface area (Å²) in [5.41, 5.74) is 4.27. The first-order valence-electron chi connectivity index (χ1n) is 13.1. The monoisotopic (exact) mass is 530 g/mol. The van der Waals surface area contributed by atoms with Gasteiger partial charge in [0.2, 0.25) is 10.0 Å². The van der Waals surface area contributed by atoms with Crippen molar-refractivity contribution in [1.82, 2.24) is 9.21 Å². The van der Waals surface area contributed by atoms with Crippen LogP contribution in [-0.4, -0.2) is 69.0 Å². The second-order valence-corrected chi connectivity index (χ2v) is 12.7. The number of hydrogen-bond acceptors (Lipinski definition) is 6. The summed E-state index contributed by atoms with van der Waals surface area (Å²) < 4.78 is 47.3. The first kappa shape index (κ1) is 27.7. The number of nitrogens with one attached hydrogen (secondary N) is 2. The van der Waals surface area contributed by atoms with Crippen LogP contribution >= 0.6 is 0 Å². The summed E-state index contributed by atoms with van der Waals surface area (Å²) in [6.07, 6.45) is 2.89. The molecule has 2 saturated heterocycles. The van der Waals surface area contributed by atoms with Gasteiger partial charge >= 0.3 is 0 Å². The van der Waals surface area contributed by atoms with Gasteiger partial charge in [0.15, 0.2) is 0 Å². The van der Waals surface area contributed by atoms with E-state index < -0.39 is 10.0 Å². The topological polar surface area (TPSA) is 85.7 Å². The van der Waals surface area contributed by atoms with Crippen molar-refractivity contribution in [3.05, 3.63) is 58.9 Å². The Bertz CT molecular complexity index is 1180. The molecule has 2 N–H and O–H groups in total. The molecule has 2 aliphatic heterocycles. The van der Waals surface area contributed by atoms with E-state index in [1.807, 2.05) is 19.1 Å². The summed E-state index contributed by atoms with van der Waals surface area (Å²) >= 11 is 0. The Labute approximate surface area is 220 Å². The number of halogens is 1. The van der Waals surface area contributed by atoms with Gasteiger partial charge in [0.1, 0.15) is 5.82 Å². The van der Waals surface area contributed by atoms with Crippen LogP contribution in [0.15, 0.2) is 36.4 Å². The fraction of sp³-hybridized carbons (Fsp3) is 0.536. The van der Waals surface area contributed by atoms with Gasteiger partial charge in [-0.3, -0.25) is 4.90 Å². The van der Waals surface area contributed by atoms with Crippen LogP contribution in [0.5, 0.6) is 0 Å². The van der Waals surface area contributed by atoms with E-state index in [4.69, 9.17) is 10.1 Å². The minimum atomic E-state index is -3.39. The fourth-order valence-electron chi connectivity index (χ4n) is 5.36. The number of sulfonamides is 1. The molecule has 2 aromatic rings. The van der Waals surface area contributed by atoms with Crippen molar-refractivity contribution in [1.29, 1.82) is 5.41 Å². The van der Waals surface area contributed by atoms with E-state index >= 15 is 0 Å². The van der Waals surface area contributed by atoms with Crippen molar-refractivity contribution in [3.8, 4) is 0 Å². The summed E-state index contributed by atoms with van der Waals surface area (Å²) in [4.78, 5) is 2.38. The van der Waals surface area contributed by atoms with E-state index in [-0.39, 0.29) is 23.5 Å². The zero-order chi connectivity index (χ0) is 26.6. The first-order chi connectivity index (χ1) is 17.7. The van der Waals surface area contributed by atoms with Crippen LogP contribution in [0.1, 0.15) is 49.4 Å². The van der Waals surface area contributed by atoms with Crippen LogP contribution in [0.2, 0.25) is 0 Å². The second-order valence-electron chi connectivity index (χ2n) is 10.7. The summed E-state index contributed by atoms with van der Waals surface area (Å²) in [6.45, 7) is 10.1. The Morgan fingerprint density at radius 3 is 2.51 bits per heavy atom. The molecule has 9 heteroatoms. The molecular weight excluding hydrogens is 491 g/mol. The Hall–Kier alpha value is -2.33. The quantitative estimate of drug-likeness (QED) is 0.448. The van der Waals surface area contributed by atoms with Crippen molar-refractivity contribution in [3.63, 3.8) is 0 Å². The van der Waals surface area contributed by atoms with Gasteiger partial charge < -0.3 is 15.5 Å². The zero-order valence-electron chi connectivity index (χ0n) is 22.0. The van der Waals surface area contributed by atoms with Gasteiger partial charge in [-0.2, -0.15) is 4.31 Å². The molecule has 0 bridgehead atoms. The summed E-state index contributed by atoms with van der Waals surface area (Å²) in [5.74, 6) is 0.463. The molecule has 2 heterocycles. The third kappa shape index (κ3) is 6.96. The number of rotatable bonds is 9. The lowest BCUT2D eigenvalue weighted by Crippen LogP contribution is -2.52. The Balaban J connectivity index is 1.61. The smallest absolute Gasteiger partial charge is 0.214 e. The normalized spacial score (nSPS) is 20.3. The highest BCUT2D eigenvalue weighted by atomic mass is 32.2. The van der Waals surface area contributed by atoms with Gasteiger partial charge in [-0.15, -0.1) is 0 Å². The van der Waals surface area contributed by atoms with E-state index in [0.717, 1.165) is 41.9 Å². The van der Waals surface area contributed by atoms with Crippen molar-refractivity contribution < 1.29 is 17.5 Å². The molecule has 0 radical (unpaired) electrons. The summed E-state index contributed by atoms with van der Waals surface area (Å²) in [5, 5.41) is 11.4. The van der Waals surface area contributed by atoms with Crippen molar-refractivity contribution >= 4 is 27.6 Å². The number of benzene rings is 2. The van der Waals surface area contributed by atoms with Gasteiger partial charge in [0.25, 0.3) is 0 Å². The molecule has 0 aromatic heterocycles.